The lowest BCUT2D eigenvalue weighted by Gasteiger charge is -2.28. The monoisotopic (exact) mass is 312 g/mol. The first-order valence-electron chi connectivity index (χ1n) is 6.12. The Labute approximate surface area is 118 Å². The zero-order valence-corrected chi connectivity index (χ0v) is 13.0. The van der Waals surface area contributed by atoms with Gasteiger partial charge in [-0.05, 0) is 38.2 Å². The zero-order chi connectivity index (χ0) is 13.7. The molecule has 1 aromatic rings. The van der Waals surface area contributed by atoms with E-state index in [1.807, 2.05) is 38.4 Å². The number of amides is 1. The SMILES string of the molecule is CC(C)C(CNC(=O)c1cccc(Br)c1)N(C)C. The van der Waals surface area contributed by atoms with Crippen molar-refractivity contribution in [1.82, 2.24) is 10.2 Å². The number of nitrogens with zero attached hydrogens (tertiary/aromatic N) is 1. The molecule has 3 nitrogen and oxygen atoms in total. The van der Waals surface area contributed by atoms with Gasteiger partial charge in [0.25, 0.3) is 5.91 Å². The van der Waals surface area contributed by atoms with Crippen molar-refractivity contribution in [3.05, 3.63) is 34.3 Å². The van der Waals surface area contributed by atoms with Crippen LogP contribution in [0.5, 0.6) is 0 Å². The number of hydrogen-bond donors (Lipinski definition) is 1. The average molecular weight is 313 g/mol. The van der Waals surface area contributed by atoms with Gasteiger partial charge in [0, 0.05) is 22.6 Å². The molecule has 18 heavy (non-hydrogen) atoms. The van der Waals surface area contributed by atoms with E-state index in [4.69, 9.17) is 0 Å². The lowest BCUT2D eigenvalue weighted by molar-refractivity contribution is 0.0934. The topological polar surface area (TPSA) is 32.3 Å². The van der Waals surface area contributed by atoms with E-state index >= 15 is 0 Å². The second-order valence-electron chi connectivity index (χ2n) is 5.00. The molecule has 1 aromatic carbocycles. The zero-order valence-electron chi connectivity index (χ0n) is 11.4. The van der Waals surface area contributed by atoms with Crippen LogP contribution in [0, 0.1) is 5.92 Å². The maximum Gasteiger partial charge on any atom is 0.251 e. The maximum absolute atomic E-state index is 12.0. The molecular formula is C14H21BrN2O. The van der Waals surface area contributed by atoms with Gasteiger partial charge in [0.05, 0.1) is 0 Å². The minimum absolute atomic E-state index is 0.0243. The molecular weight excluding hydrogens is 292 g/mol. The largest absolute Gasteiger partial charge is 0.350 e. The Morgan fingerprint density at radius 2 is 2.06 bits per heavy atom. The van der Waals surface area contributed by atoms with Crippen LogP contribution in [0.25, 0.3) is 0 Å². The quantitative estimate of drug-likeness (QED) is 0.906. The normalized spacial score (nSPS) is 12.8. The summed E-state index contributed by atoms with van der Waals surface area (Å²) in [6.45, 7) is 4.99. The van der Waals surface area contributed by atoms with Crippen molar-refractivity contribution >= 4 is 21.8 Å². The van der Waals surface area contributed by atoms with Gasteiger partial charge in [-0.15, -0.1) is 0 Å². The van der Waals surface area contributed by atoms with E-state index in [9.17, 15) is 4.79 Å². The molecule has 0 aliphatic heterocycles. The molecule has 0 fully saturated rings. The van der Waals surface area contributed by atoms with Gasteiger partial charge in [0.15, 0.2) is 0 Å². The number of nitrogens with one attached hydrogen (secondary N) is 1. The number of halogens is 1. The molecule has 1 atom stereocenters. The van der Waals surface area contributed by atoms with Crippen LogP contribution in [0.2, 0.25) is 0 Å². The van der Waals surface area contributed by atoms with E-state index in [0.717, 1.165) is 4.47 Å². The molecule has 0 spiro atoms. The highest BCUT2D eigenvalue weighted by Crippen LogP contribution is 2.12. The molecule has 4 heteroatoms. The predicted octanol–water partition coefficient (Wildman–Crippen LogP) is 2.77. The Balaban J connectivity index is 2.60. The average Bonchev–Trinajstić information content (AvgIpc) is 2.28. The van der Waals surface area contributed by atoms with Crippen molar-refractivity contribution in [1.29, 1.82) is 0 Å². The number of carbonyl (C=O) groups excluding carboxylic acids is 1. The van der Waals surface area contributed by atoms with Gasteiger partial charge in [-0.1, -0.05) is 35.8 Å². The van der Waals surface area contributed by atoms with Crippen LogP contribution in [-0.4, -0.2) is 37.5 Å². The molecule has 0 saturated heterocycles. The number of carbonyl (C=O) groups is 1. The van der Waals surface area contributed by atoms with Gasteiger partial charge in [0.2, 0.25) is 0 Å². The molecule has 0 aromatic heterocycles. The van der Waals surface area contributed by atoms with Gasteiger partial charge in [-0.3, -0.25) is 4.79 Å². The fourth-order valence-corrected chi connectivity index (χ4v) is 2.34. The Hall–Kier alpha value is -0.870. The number of hydrogen-bond acceptors (Lipinski definition) is 2. The highest BCUT2D eigenvalue weighted by Gasteiger charge is 2.17. The van der Waals surface area contributed by atoms with Crippen LogP contribution in [0.1, 0.15) is 24.2 Å². The van der Waals surface area contributed by atoms with Crippen LogP contribution in [0.4, 0.5) is 0 Å². The summed E-state index contributed by atoms with van der Waals surface area (Å²) in [4.78, 5) is 14.1. The summed E-state index contributed by atoms with van der Waals surface area (Å²) in [6, 6.07) is 7.77. The highest BCUT2D eigenvalue weighted by molar-refractivity contribution is 9.10. The molecule has 1 rings (SSSR count). The van der Waals surface area contributed by atoms with Crippen LogP contribution in [-0.2, 0) is 0 Å². The summed E-state index contributed by atoms with van der Waals surface area (Å²) in [7, 11) is 4.08. The number of rotatable bonds is 5. The van der Waals surface area contributed by atoms with Crippen molar-refractivity contribution in [2.24, 2.45) is 5.92 Å². The molecule has 100 valence electrons. The molecule has 1 N–H and O–H groups in total. The highest BCUT2D eigenvalue weighted by atomic mass is 79.9. The Morgan fingerprint density at radius 3 is 2.56 bits per heavy atom. The van der Waals surface area contributed by atoms with Crippen molar-refractivity contribution < 1.29 is 4.79 Å². The summed E-state index contributed by atoms with van der Waals surface area (Å²) < 4.78 is 0.920. The minimum atomic E-state index is -0.0243. The van der Waals surface area contributed by atoms with E-state index in [-0.39, 0.29) is 5.91 Å². The molecule has 0 radical (unpaired) electrons. The Kier molecular flexibility index (Phi) is 5.82. The summed E-state index contributed by atoms with van der Waals surface area (Å²) in [5.41, 5.74) is 0.686. The molecule has 0 bridgehead atoms. The lowest BCUT2D eigenvalue weighted by Crippen LogP contribution is -2.43. The smallest absolute Gasteiger partial charge is 0.251 e. The first-order chi connectivity index (χ1) is 8.41. The number of benzene rings is 1. The second-order valence-corrected chi connectivity index (χ2v) is 5.91. The van der Waals surface area contributed by atoms with Crippen LogP contribution in [0.3, 0.4) is 0 Å². The number of likely N-dealkylation sites (N-methyl/N-ethyl adjacent to an activating group) is 1. The van der Waals surface area contributed by atoms with Crippen molar-refractivity contribution in [2.45, 2.75) is 19.9 Å². The van der Waals surface area contributed by atoms with Crippen molar-refractivity contribution in [3.8, 4) is 0 Å². The third-order valence-corrected chi connectivity index (χ3v) is 3.48. The summed E-state index contributed by atoms with van der Waals surface area (Å²) >= 11 is 3.37. The molecule has 0 aliphatic carbocycles. The molecule has 0 heterocycles. The van der Waals surface area contributed by atoms with Crippen LogP contribution < -0.4 is 5.32 Å². The van der Waals surface area contributed by atoms with E-state index in [1.165, 1.54) is 0 Å². The van der Waals surface area contributed by atoms with Gasteiger partial charge in [-0.25, -0.2) is 0 Å². The van der Waals surface area contributed by atoms with Crippen LogP contribution >= 0.6 is 15.9 Å². The first kappa shape index (κ1) is 15.2. The lowest BCUT2D eigenvalue weighted by atomic mass is 10.0. The van der Waals surface area contributed by atoms with Gasteiger partial charge >= 0.3 is 0 Å². The van der Waals surface area contributed by atoms with Gasteiger partial charge in [0.1, 0.15) is 0 Å². The van der Waals surface area contributed by atoms with Crippen LogP contribution in [0.15, 0.2) is 28.7 Å². The van der Waals surface area contributed by atoms with Gasteiger partial charge < -0.3 is 10.2 Å². The maximum atomic E-state index is 12.0. The van der Waals surface area contributed by atoms with Crippen molar-refractivity contribution in [3.63, 3.8) is 0 Å². The fraction of sp³-hybridized carbons (Fsp3) is 0.500. The summed E-state index contributed by atoms with van der Waals surface area (Å²) in [5, 5.41) is 2.99. The Morgan fingerprint density at radius 1 is 1.39 bits per heavy atom. The fourth-order valence-electron chi connectivity index (χ4n) is 1.94. The standard InChI is InChI=1S/C14H21BrN2O/c1-10(2)13(17(3)4)9-16-14(18)11-6-5-7-12(15)8-11/h5-8,10,13H,9H2,1-4H3,(H,16,18). The third kappa shape index (κ3) is 4.42. The summed E-state index contributed by atoms with van der Waals surface area (Å²) in [6.07, 6.45) is 0. The van der Waals surface area contributed by atoms with Crippen molar-refractivity contribution in [2.75, 3.05) is 20.6 Å². The van der Waals surface area contributed by atoms with E-state index < -0.39 is 0 Å². The first-order valence-corrected chi connectivity index (χ1v) is 6.91. The third-order valence-electron chi connectivity index (χ3n) is 2.99. The molecule has 1 amide bonds. The molecule has 0 saturated carbocycles. The van der Waals surface area contributed by atoms with Gasteiger partial charge in [-0.2, -0.15) is 0 Å². The molecule has 1 unspecified atom stereocenters. The predicted molar refractivity (Wildman–Crippen MR) is 78.8 cm³/mol. The minimum Gasteiger partial charge on any atom is -0.350 e. The van der Waals surface area contributed by atoms with E-state index in [2.05, 4.69) is 40.0 Å². The molecule has 0 aliphatic rings. The second kappa shape index (κ2) is 6.90. The summed E-state index contributed by atoms with van der Waals surface area (Å²) in [5.74, 6) is 0.478. The Bertz CT molecular complexity index is 397. The van der Waals surface area contributed by atoms with E-state index in [0.29, 0.717) is 24.1 Å². The van der Waals surface area contributed by atoms with E-state index in [1.54, 1.807) is 0 Å².